The number of aliphatic hydroxyl groups excluding tert-OH is 1. The molecular weight excluding hydrogens is 1220 g/mol. The Labute approximate surface area is 568 Å². The molecule has 0 saturated heterocycles. The van der Waals surface area contributed by atoms with Crippen molar-refractivity contribution in [3.63, 3.8) is 0 Å². The van der Waals surface area contributed by atoms with Gasteiger partial charge >= 0.3 is 39.5 Å². The fourth-order valence-electron chi connectivity index (χ4n) is 11.3. The Hall–Kier alpha value is -1.94. The lowest BCUT2D eigenvalue weighted by Crippen LogP contribution is -2.30. The van der Waals surface area contributed by atoms with Gasteiger partial charge in [0.15, 0.2) is 12.2 Å². The highest BCUT2D eigenvalue weighted by atomic mass is 31.2. The van der Waals surface area contributed by atoms with Crippen molar-refractivity contribution in [3.05, 3.63) is 0 Å². The monoisotopic (exact) mass is 1370 g/mol. The molecule has 0 aliphatic rings. The van der Waals surface area contributed by atoms with E-state index in [1.807, 2.05) is 0 Å². The van der Waals surface area contributed by atoms with Crippen LogP contribution in [0.5, 0.6) is 0 Å². The zero-order chi connectivity index (χ0) is 68.6. The van der Waals surface area contributed by atoms with Crippen LogP contribution >= 0.6 is 15.6 Å². The van der Waals surface area contributed by atoms with E-state index < -0.39 is 97.5 Å². The third-order valence-corrected chi connectivity index (χ3v) is 19.5. The van der Waals surface area contributed by atoms with Crippen molar-refractivity contribution in [2.75, 3.05) is 39.6 Å². The second-order valence-corrected chi connectivity index (χ2v) is 30.3. The van der Waals surface area contributed by atoms with Crippen LogP contribution in [0.15, 0.2) is 0 Å². The molecule has 0 heterocycles. The molecule has 0 saturated carbocycles. The van der Waals surface area contributed by atoms with Gasteiger partial charge in [0.2, 0.25) is 0 Å². The van der Waals surface area contributed by atoms with Crippen molar-refractivity contribution in [1.29, 1.82) is 0 Å². The molecule has 3 N–H and O–H groups in total. The van der Waals surface area contributed by atoms with Crippen LogP contribution in [0.3, 0.4) is 0 Å². The van der Waals surface area contributed by atoms with E-state index in [0.29, 0.717) is 25.7 Å². The maximum Gasteiger partial charge on any atom is 0.472 e. The summed E-state index contributed by atoms with van der Waals surface area (Å²) in [6.07, 6.45) is 52.5. The van der Waals surface area contributed by atoms with E-state index in [-0.39, 0.29) is 25.7 Å². The molecule has 0 aliphatic heterocycles. The number of carbonyl (C=O) groups is 4. The molecule has 0 aromatic heterocycles. The second kappa shape index (κ2) is 66.0. The van der Waals surface area contributed by atoms with Gasteiger partial charge in [-0.2, -0.15) is 0 Å². The number of hydrogen-bond donors (Lipinski definition) is 3. The molecule has 93 heavy (non-hydrogen) atoms. The molecule has 0 radical (unpaired) electrons. The van der Waals surface area contributed by atoms with Crippen LogP contribution in [0, 0.1) is 11.8 Å². The average Bonchev–Trinajstić information content (AvgIpc) is 2.60. The molecule has 0 bridgehead atoms. The number of unbranched alkanes of at least 4 members (excludes halogenated alkanes) is 42. The number of phosphoric ester groups is 2. The highest BCUT2D eigenvalue weighted by Crippen LogP contribution is 2.45. The van der Waals surface area contributed by atoms with Gasteiger partial charge in [0.25, 0.3) is 0 Å². The Morgan fingerprint density at radius 1 is 0.312 bits per heavy atom. The Morgan fingerprint density at radius 2 is 0.548 bits per heavy atom. The average molecular weight is 1370 g/mol. The lowest BCUT2D eigenvalue weighted by molar-refractivity contribution is -0.161. The first-order valence-corrected chi connectivity index (χ1v) is 41.5. The Kier molecular flexibility index (Phi) is 64.6. The molecule has 0 aliphatic carbocycles. The minimum atomic E-state index is -4.96. The maximum absolute atomic E-state index is 13.1. The first-order valence-electron chi connectivity index (χ1n) is 38.5. The van der Waals surface area contributed by atoms with E-state index in [0.717, 1.165) is 102 Å². The summed E-state index contributed by atoms with van der Waals surface area (Å²) in [5.74, 6) is -0.500. The van der Waals surface area contributed by atoms with E-state index in [2.05, 4.69) is 41.5 Å². The summed E-state index contributed by atoms with van der Waals surface area (Å²) in [4.78, 5) is 72.7. The molecule has 0 rings (SSSR count). The van der Waals surface area contributed by atoms with Crippen LogP contribution in [0.2, 0.25) is 0 Å². The van der Waals surface area contributed by atoms with Crippen LogP contribution in [0.1, 0.15) is 382 Å². The Bertz CT molecular complexity index is 1810. The van der Waals surface area contributed by atoms with Crippen molar-refractivity contribution in [3.8, 4) is 0 Å². The van der Waals surface area contributed by atoms with Crippen LogP contribution in [-0.2, 0) is 65.4 Å². The molecule has 0 aromatic carbocycles. The highest BCUT2D eigenvalue weighted by molar-refractivity contribution is 7.47. The molecule has 552 valence electrons. The van der Waals surface area contributed by atoms with E-state index in [4.69, 9.17) is 37.0 Å². The van der Waals surface area contributed by atoms with Crippen LogP contribution in [-0.4, -0.2) is 96.7 Å². The number of esters is 4. The summed E-state index contributed by atoms with van der Waals surface area (Å²) in [6.45, 7) is 9.63. The second-order valence-electron chi connectivity index (χ2n) is 27.4. The number of carbonyl (C=O) groups excluding carboxylic acids is 4. The van der Waals surface area contributed by atoms with Gasteiger partial charge in [0.05, 0.1) is 26.4 Å². The first-order chi connectivity index (χ1) is 44.9. The standard InChI is InChI=1S/C74H144O17P2/c1-7-10-12-14-16-18-25-34-40-46-52-58-73(78)90-69(62-84-71(76)56-50-44-38-32-19-17-15-13-11-8-2)64-88-92(80,81)86-60-68(75)61-87-93(82,83)89-65-70(63-85-72(77)57-51-45-39-33-29-24-26-30-36-42-48-54-66(4)5)91-74(79)59-53-47-41-35-28-23-21-20-22-27-31-37-43-49-55-67(6)9-3/h66-70,75H,7-65H2,1-6H3,(H,80,81)(H,82,83)/t67?,68-,69+,70+/m0/s1. The van der Waals surface area contributed by atoms with Gasteiger partial charge in [-0.3, -0.25) is 37.3 Å². The molecule has 3 unspecified atom stereocenters. The number of rotatable bonds is 73. The third-order valence-electron chi connectivity index (χ3n) is 17.6. The lowest BCUT2D eigenvalue weighted by Gasteiger charge is -2.21. The molecule has 19 heteroatoms. The van der Waals surface area contributed by atoms with Gasteiger partial charge in [0, 0.05) is 25.7 Å². The smallest absolute Gasteiger partial charge is 0.462 e. The fraction of sp³-hybridized carbons (Fsp3) is 0.946. The van der Waals surface area contributed by atoms with Gasteiger partial charge in [-0.15, -0.1) is 0 Å². The third kappa shape index (κ3) is 67.0. The van der Waals surface area contributed by atoms with E-state index >= 15 is 0 Å². The maximum atomic E-state index is 13.1. The summed E-state index contributed by atoms with van der Waals surface area (Å²) in [6, 6.07) is 0. The Balaban J connectivity index is 5.23. The van der Waals surface area contributed by atoms with Gasteiger partial charge in [-0.25, -0.2) is 9.13 Å². The number of aliphatic hydroxyl groups is 1. The molecule has 0 amide bonds. The van der Waals surface area contributed by atoms with Crippen molar-refractivity contribution in [1.82, 2.24) is 0 Å². The van der Waals surface area contributed by atoms with Gasteiger partial charge in [0.1, 0.15) is 19.3 Å². The minimum Gasteiger partial charge on any atom is -0.462 e. The summed E-state index contributed by atoms with van der Waals surface area (Å²) < 4.78 is 68.4. The van der Waals surface area contributed by atoms with Crippen LogP contribution < -0.4 is 0 Å². The largest absolute Gasteiger partial charge is 0.472 e. The van der Waals surface area contributed by atoms with E-state index in [1.54, 1.807) is 0 Å². The van der Waals surface area contributed by atoms with Crippen LogP contribution in [0.25, 0.3) is 0 Å². The molecule has 0 fully saturated rings. The van der Waals surface area contributed by atoms with Gasteiger partial charge in [-0.1, -0.05) is 330 Å². The first kappa shape index (κ1) is 91.1. The van der Waals surface area contributed by atoms with E-state index in [9.17, 15) is 43.2 Å². The van der Waals surface area contributed by atoms with Gasteiger partial charge in [-0.05, 0) is 37.5 Å². The van der Waals surface area contributed by atoms with Gasteiger partial charge < -0.3 is 33.8 Å². The highest BCUT2D eigenvalue weighted by Gasteiger charge is 2.30. The van der Waals surface area contributed by atoms with E-state index in [1.165, 1.54) is 199 Å². The Morgan fingerprint density at radius 3 is 0.817 bits per heavy atom. The number of hydrogen-bond acceptors (Lipinski definition) is 15. The molecule has 0 aromatic rings. The topological polar surface area (TPSA) is 237 Å². The van der Waals surface area contributed by atoms with Crippen molar-refractivity contribution in [2.24, 2.45) is 11.8 Å². The molecule has 17 nitrogen and oxygen atoms in total. The molecule has 6 atom stereocenters. The lowest BCUT2D eigenvalue weighted by atomic mass is 9.99. The summed E-state index contributed by atoms with van der Waals surface area (Å²) in [7, 11) is -9.90. The SMILES string of the molecule is CCCCCCCCCCCCCC(=O)O[C@H](COC(=O)CCCCCCCCCCCC)COP(=O)(O)OC[C@H](O)COP(=O)(O)OC[C@@H](COC(=O)CCCCCCCCCCCCCC(C)C)OC(=O)CCCCCCCCCCCCCCCCC(C)CC. The van der Waals surface area contributed by atoms with Crippen molar-refractivity contribution in [2.45, 2.75) is 400 Å². The summed E-state index contributed by atoms with van der Waals surface area (Å²) in [5, 5.41) is 10.6. The predicted octanol–water partition coefficient (Wildman–Crippen LogP) is 21.6. The fourth-order valence-corrected chi connectivity index (χ4v) is 12.8. The van der Waals surface area contributed by atoms with Crippen molar-refractivity contribution >= 4 is 39.5 Å². The zero-order valence-corrected chi connectivity index (χ0v) is 62.3. The summed E-state index contributed by atoms with van der Waals surface area (Å²) in [5.41, 5.74) is 0. The molecule has 0 spiro atoms. The van der Waals surface area contributed by atoms with Crippen molar-refractivity contribution < 1.29 is 80.2 Å². The minimum absolute atomic E-state index is 0.107. The quantitative estimate of drug-likeness (QED) is 0.0222. The molecular formula is C74H144O17P2. The number of ether oxygens (including phenoxy) is 4. The summed E-state index contributed by atoms with van der Waals surface area (Å²) >= 11 is 0. The normalized spacial score (nSPS) is 14.3. The zero-order valence-electron chi connectivity index (χ0n) is 60.6. The predicted molar refractivity (Wildman–Crippen MR) is 377 cm³/mol. The van der Waals surface area contributed by atoms with Crippen LogP contribution in [0.4, 0.5) is 0 Å². The number of phosphoric acid groups is 2.